The molecule has 4 nitrogen and oxygen atoms in total. The summed E-state index contributed by atoms with van der Waals surface area (Å²) in [6.45, 7) is 5.65. The third-order valence-electron chi connectivity index (χ3n) is 5.42. The minimum absolute atomic E-state index is 0.0559. The van der Waals surface area contributed by atoms with Crippen LogP contribution in [0.1, 0.15) is 22.4 Å². The van der Waals surface area contributed by atoms with Gasteiger partial charge in [-0.2, -0.15) is 0 Å². The quantitative estimate of drug-likeness (QED) is 0.783. The van der Waals surface area contributed by atoms with Gasteiger partial charge < -0.3 is 14.6 Å². The van der Waals surface area contributed by atoms with Crippen molar-refractivity contribution in [3.8, 4) is 5.75 Å². The second-order valence-corrected chi connectivity index (χ2v) is 7.00. The fraction of sp³-hybridized carbons (Fsp3) is 0.318. The number of amides is 1. The van der Waals surface area contributed by atoms with Crippen LogP contribution in [0.5, 0.6) is 5.75 Å². The first kappa shape index (κ1) is 16.7. The molecule has 4 rings (SSSR count). The van der Waals surface area contributed by atoms with Gasteiger partial charge in [0.1, 0.15) is 5.75 Å². The van der Waals surface area contributed by atoms with Gasteiger partial charge in [0.15, 0.2) is 6.61 Å². The molecule has 1 aromatic heterocycles. The van der Waals surface area contributed by atoms with Crippen molar-refractivity contribution in [2.24, 2.45) is 0 Å². The van der Waals surface area contributed by atoms with Crippen LogP contribution in [0.15, 0.2) is 42.5 Å². The highest BCUT2D eigenvalue weighted by Crippen LogP contribution is 2.26. The van der Waals surface area contributed by atoms with E-state index in [-0.39, 0.29) is 12.5 Å². The van der Waals surface area contributed by atoms with Gasteiger partial charge in [-0.15, -0.1) is 0 Å². The highest BCUT2D eigenvalue weighted by Gasteiger charge is 2.21. The maximum Gasteiger partial charge on any atom is 0.260 e. The lowest BCUT2D eigenvalue weighted by Gasteiger charge is -2.21. The van der Waals surface area contributed by atoms with Crippen molar-refractivity contribution < 1.29 is 9.53 Å². The third kappa shape index (κ3) is 3.07. The minimum atomic E-state index is 0.0559. The lowest BCUT2D eigenvalue weighted by atomic mass is 10.1. The van der Waals surface area contributed by atoms with Crippen LogP contribution in [0.2, 0.25) is 0 Å². The van der Waals surface area contributed by atoms with Crippen molar-refractivity contribution in [1.82, 2.24) is 9.88 Å². The van der Waals surface area contributed by atoms with Crippen molar-refractivity contribution in [3.63, 3.8) is 0 Å². The number of aromatic amines is 1. The van der Waals surface area contributed by atoms with E-state index in [1.54, 1.807) is 0 Å². The molecule has 1 N–H and O–H groups in total. The Morgan fingerprint density at radius 2 is 1.88 bits per heavy atom. The SMILES string of the molecule is Cc1cccc(OCC(=O)N2CCc3[nH]c4ccccc4c3CC2)c1C. The van der Waals surface area contributed by atoms with Gasteiger partial charge in [-0.05, 0) is 49.1 Å². The summed E-state index contributed by atoms with van der Waals surface area (Å²) in [7, 11) is 0. The molecule has 0 unspecified atom stereocenters. The average Bonchev–Trinajstić information content (AvgIpc) is 2.87. The molecule has 4 heteroatoms. The second kappa shape index (κ2) is 6.87. The molecular formula is C22H24N2O2. The average molecular weight is 348 g/mol. The maximum atomic E-state index is 12.6. The van der Waals surface area contributed by atoms with Crippen LogP contribution in [-0.2, 0) is 17.6 Å². The fourth-order valence-corrected chi connectivity index (χ4v) is 3.72. The van der Waals surface area contributed by atoms with E-state index in [4.69, 9.17) is 4.74 Å². The highest BCUT2D eigenvalue weighted by molar-refractivity contribution is 5.85. The van der Waals surface area contributed by atoms with E-state index in [0.717, 1.165) is 37.2 Å². The molecule has 0 radical (unpaired) electrons. The van der Waals surface area contributed by atoms with Gasteiger partial charge in [0.05, 0.1) is 0 Å². The monoisotopic (exact) mass is 348 g/mol. The Morgan fingerprint density at radius 3 is 2.77 bits per heavy atom. The summed E-state index contributed by atoms with van der Waals surface area (Å²) >= 11 is 0. The van der Waals surface area contributed by atoms with Crippen LogP contribution in [0.4, 0.5) is 0 Å². The normalized spacial score (nSPS) is 14.2. The smallest absolute Gasteiger partial charge is 0.260 e. The Bertz CT molecular complexity index is 958. The van der Waals surface area contributed by atoms with Gasteiger partial charge >= 0.3 is 0 Å². The Kier molecular flexibility index (Phi) is 4.41. The van der Waals surface area contributed by atoms with Crippen LogP contribution < -0.4 is 4.74 Å². The summed E-state index contributed by atoms with van der Waals surface area (Å²) in [5.41, 5.74) is 6.08. The van der Waals surface area contributed by atoms with E-state index in [9.17, 15) is 4.79 Å². The van der Waals surface area contributed by atoms with Gasteiger partial charge in [0.25, 0.3) is 5.91 Å². The number of ether oxygens (including phenoxy) is 1. The predicted octanol–water partition coefficient (Wildman–Crippen LogP) is 3.79. The molecule has 0 saturated carbocycles. The molecule has 0 bridgehead atoms. The second-order valence-electron chi connectivity index (χ2n) is 7.00. The van der Waals surface area contributed by atoms with E-state index in [1.165, 1.54) is 27.7 Å². The lowest BCUT2D eigenvalue weighted by molar-refractivity contribution is -0.133. The van der Waals surface area contributed by atoms with E-state index < -0.39 is 0 Å². The van der Waals surface area contributed by atoms with E-state index >= 15 is 0 Å². The van der Waals surface area contributed by atoms with Crippen molar-refractivity contribution in [2.75, 3.05) is 19.7 Å². The molecular weight excluding hydrogens is 324 g/mol. The lowest BCUT2D eigenvalue weighted by Crippen LogP contribution is -2.36. The number of H-pyrrole nitrogens is 1. The van der Waals surface area contributed by atoms with Crippen LogP contribution >= 0.6 is 0 Å². The number of rotatable bonds is 3. The van der Waals surface area contributed by atoms with Crippen molar-refractivity contribution in [2.45, 2.75) is 26.7 Å². The van der Waals surface area contributed by atoms with Crippen molar-refractivity contribution in [3.05, 3.63) is 64.8 Å². The number of nitrogens with one attached hydrogen (secondary N) is 1. The predicted molar refractivity (Wildman–Crippen MR) is 104 cm³/mol. The molecule has 0 saturated heterocycles. The number of aromatic nitrogens is 1. The number of para-hydroxylation sites is 1. The van der Waals surface area contributed by atoms with Gasteiger partial charge in [0, 0.05) is 36.1 Å². The molecule has 2 heterocycles. The molecule has 1 aliphatic heterocycles. The van der Waals surface area contributed by atoms with Crippen molar-refractivity contribution >= 4 is 16.8 Å². The van der Waals surface area contributed by atoms with Gasteiger partial charge in [-0.1, -0.05) is 30.3 Å². The van der Waals surface area contributed by atoms with Crippen molar-refractivity contribution in [1.29, 1.82) is 0 Å². The molecule has 0 fully saturated rings. The highest BCUT2D eigenvalue weighted by atomic mass is 16.5. The summed E-state index contributed by atoms with van der Waals surface area (Å²) in [5, 5.41) is 1.28. The first-order chi connectivity index (χ1) is 12.6. The molecule has 0 spiro atoms. The summed E-state index contributed by atoms with van der Waals surface area (Å²) in [6, 6.07) is 14.3. The number of aryl methyl sites for hydroxylation is 1. The summed E-state index contributed by atoms with van der Waals surface area (Å²) in [5.74, 6) is 0.852. The molecule has 26 heavy (non-hydrogen) atoms. The summed E-state index contributed by atoms with van der Waals surface area (Å²) in [4.78, 5) is 18.1. The first-order valence-electron chi connectivity index (χ1n) is 9.19. The van der Waals surface area contributed by atoms with E-state index in [0.29, 0.717) is 0 Å². The number of hydrogen-bond acceptors (Lipinski definition) is 2. The summed E-state index contributed by atoms with van der Waals surface area (Å²) < 4.78 is 5.80. The van der Waals surface area contributed by atoms with Crippen LogP contribution in [0, 0.1) is 13.8 Å². The zero-order valence-corrected chi connectivity index (χ0v) is 15.3. The van der Waals surface area contributed by atoms with E-state index in [2.05, 4.69) is 42.2 Å². The summed E-state index contributed by atoms with van der Waals surface area (Å²) in [6.07, 6.45) is 1.74. The minimum Gasteiger partial charge on any atom is -0.483 e. The zero-order valence-electron chi connectivity index (χ0n) is 15.3. The standard InChI is InChI=1S/C22H24N2O2/c1-15-6-5-9-21(16(15)2)26-14-22(25)24-12-10-18-17-7-3-4-8-19(17)23-20(18)11-13-24/h3-9,23H,10-14H2,1-2H3. The number of fused-ring (bicyclic) bond motifs is 3. The number of carbonyl (C=O) groups is 1. The molecule has 1 amide bonds. The molecule has 3 aromatic rings. The maximum absolute atomic E-state index is 12.6. The topological polar surface area (TPSA) is 45.3 Å². The first-order valence-corrected chi connectivity index (χ1v) is 9.19. The number of carbonyl (C=O) groups excluding carboxylic acids is 1. The number of nitrogens with zero attached hydrogens (tertiary/aromatic N) is 1. The third-order valence-corrected chi connectivity index (χ3v) is 5.42. The Labute approximate surface area is 153 Å². The zero-order chi connectivity index (χ0) is 18.1. The number of benzene rings is 2. The molecule has 1 aliphatic rings. The Balaban J connectivity index is 1.43. The Hall–Kier alpha value is -2.75. The van der Waals surface area contributed by atoms with Crippen LogP contribution in [0.25, 0.3) is 10.9 Å². The molecule has 134 valence electrons. The molecule has 0 aliphatic carbocycles. The van der Waals surface area contributed by atoms with E-state index in [1.807, 2.05) is 24.0 Å². The van der Waals surface area contributed by atoms with Crippen LogP contribution in [-0.4, -0.2) is 35.5 Å². The number of hydrogen-bond donors (Lipinski definition) is 1. The molecule has 0 atom stereocenters. The Morgan fingerprint density at radius 1 is 1.08 bits per heavy atom. The van der Waals surface area contributed by atoms with Gasteiger partial charge in [-0.25, -0.2) is 0 Å². The van der Waals surface area contributed by atoms with Gasteiger partial charge in [-0.3, -0.25) is 4.79 Å². The fourth-order valence-electron chi connectivity index (χ4n) is 3.72. The largest absolute Gasteiger partial charge is 0.483 e. The van der Waals surface area contributed by atoms with Crippen LogP contribution in [0.3, 0.4) is 0 Å². The van der Waals surface area contributed by atoms with Gasteiger partial charge in [0.2, 0.25) is 0 Å². The molecule has 2 aromatic carbocycles.